The molecule has 0 bridgehead atoms. The standard InChI is InChI=1S/C25H18N4O5/c1-15-7-9-17(10-8-15)27-24(31)20-21(23(30)16-5-3-2-4-6-16)26-28(22(20)25(27)32)18-11-13-19(14-12-18)29(33)34/h2-14,20,22H,1H3. The van der Waals surface area contributed by atoms with Crippen molar-refractivity contribution < 1.29 is 19.3 Å². The van der Waals surface area contributed by atoms with Crippen molar-refractivity contribution in [1.82, 2.24) is 0 Å². The van der Waals surface area contributed by atoms with Crippen LogP contribution in [0.4, 0.5) is 17.1 Å². The maximum absolute atomic E-state index is 13.5. The number of Topliss-reactive ketones (excluding diaryl/α,β-unsaturated/α-hetero) is 1. The summed E-state index contributed by atoms with van der Waals surface area (Å²) in [5.74, 6) is -2.60. The smallest absolute Gasteiger partial charge is 0.269 e. The highest BCUT2D eigenvalue weighted by Crippen LogP contribution is 2.38. The Morgan fingerprint density at radius 1 is 0.882 bits per heavy atom. The van der Waals surface area contributed by atoms with E-state index < -0.39 is 34.5 Å². The molecule has 1 fully saturated rings. The Morgan fingerprint density at radius 2 is 1.50 bits per heavy atom. The first-order valence-corrected chi connectivity index (χ1v) is 10.5. The van der Waals surface area contributed by atoms with Gasteiger partial charge in [-0.2, -0.15) is 5.10 Å². The molecule has 0 radical (unpaired) electrons. The minimum atomic E-state index is -1.10. The molecule has 0 spiro atoms. The molecule has 2 unspecified atom stereocenters. The molecular weight excluding hydrogens is 436 g/mol. The lowest BCUT2D eigenvalue weighted by molar-refractivity contribution is -0.384. The zero-order valence-electron chi connectivity index (χ0n) is 18.0. The van der Waals surface area contributed by atoms with Crippen LogP contribution >= 0.6 is 0 Å². The predicted octanol–water partition coefficient (Wildman–Crippen LogP) is 3.52. The molecule has 9 heteroatoms. The van der Waals surface area contributed by atoms with Crippen LogP contribution in [0.25, 0.3) is 0 Å². The second-order valence-electron chi connectivity index (χ2n) is 8.07. The summed E-state index contributed by atoms with van der Waals surface area (Å²) < 4.78 is 0. The van der Waals surface area contributed by atoms with Crippen LogP contribution in [0.2, 0.25) is 0 Å². The third-order valence-electron chi connectivity index (χ3n) is 5.93. The Morgan fingerprint density at radius 3 is 2.12 bits per heavy atom. The lowest BCUT2D eigenvalue weighted by atomic mass is 9.92. The summed E-state index contributed by atoms with van der Waals surface area (Å²) in [5.41, 5.74) is 1.92. The monoisotopic (exact) mass is 454 g/mol. The summed E-state index contributed by atoms with van der Waals surface area (Å²) in [7, 11) is 0. The highest BCUT2D eigenvalue weighted by atomic mass is 16.6. The van der Waals surface area contributed by atoms with Crippen LogP contribution in [0.3, 0.4) is 0 Å². The van der Waals surface area contributed by atoms with Crippen molar-refractivity contribution in [2.75, 3.05) is 9.91 Å². The van der Waals surface area contributed by atoms with Gasteiger partial charge in [-0.15, -0.1) is 0 Å². The molecule has 2 heterocycles. The predicted molar refractivity (Wildman–Crippen MR) is 125 cm³/mol. The largest absolute Gasteiger partial charge is 0.287 e. The van der Waals surface area contributed by atoms with Crippen LogP contribution in [0.15, 0.2) is 84.0 Å². The van der Waals surface area contributed by atoms with E-state index in [0.29, 0.717) is 16.9 Å². The van der Waals surface area contributed by atoms with Crippen LogP contribution in [0.1, 0.15) is 15.9 Å². The van der Waals surface area contributed by atoms with E-state index in [1.807, 2.05) is 6.92 Å². The summed E-state index contributed by atoms with van der Waals surface area (Å²) in [4.78, 5) is 51.9. The summed E-state index contributed by atoms with van der Waals surface area (Å²) in [5, 5.41) is 16.8. The van der Waals surface area contributed by atoms with Gasteiger partial charge in [-0.05, 0) is 31.2 Å². The second-order valence-corrected chi connectivity index (χ2v) is 8.07. The van der Waals surface area contributed by atoms with Gasteiger partial charge in [-0.25, -0.2) is 4.90 Å². The maximum Gasteiger partial charge on any atom is 0.269 e. The summed E-state index contributed by atoms with van der Waals surface area (Å²) in [6, 6.07) is 19.7. The lowest BCUT2D eigenvalue weighted by Crippen LogP contribution is -2.39. The number of anilines is 2. The number of aryl methyl sites for hydroxylation is 1. The van der Waals surface area contributed by atoms with Gasteiger partial charge in [0.05, 0.1) is 16.3 Å². The van der Waals surface area contributed by atoms with Gasteiger partial charge in [0, 0.05) is 17.7 Å². The Kier molecular flexibility index (Phi) is 5.01. The van der Waals surface area contributed by atoms with Crippen molar-refractivity contribution in [3.63, 3.8) is 0 Å². The first-order valence-electron chi connectivity index (χ1n) is 10.5. The Labute approximate surface area is 194 Å². The van der Waals surface area contributed by atoms with Gasteiger partial charge in [0.15, 0.2) is 0 Å². The molecule has 0 aromatic heterocycles. The maximum atomic E-state index is 13.5. The van der Waals surface area contributed by atoms with Crippen molar-refractivity contribution in [2.24, 2.45) is 11.0 Å². The Hall–Kier alpha value is -4.66. The SMILES string of the molecule is Cc1ccc(N2C(=O)C3C(C(=O)c4ccccc4)=NN(c4ccc([N+](=O)[O-])cc4)C3C2=O)cc1. The van der Waals surface area contributed by atoms with Crippen LogP contribution in [-0.4, -0.2) is 34.3 Å². The van der Waals surface area contributed by atoms with Crippen molar-refractivity contribution in [3.05, 3.63) is 100 Å². The zero-order chi connectivity index (χ0) is 24.0. The number of carbonyl (C=O) groups is 3. The number of ketones is 1. The molecule has 2 aliphatic rings. The van der Waals surface area contributed by atoms with E-state index in [1.54, 1.807) is 54.6 Å². The average Bonchev–Trinajstić information content (AvgIpc) is 3.36. The molecule has 2 atom stereocenters. The second kappa shape index (κ2) is 8.04. The molecular formula is C25H18N4O5. The highest BCUT2D eigenvalue weighted by Gasteiger charge is 2.58. The number of nitro benzene ring substituents is 1. The first kappa shape index (κ1) is 21.2. The molecule has 0 N–H and O–H groups in total. The van der Waals surface area contributed by atoms with Crippen LogP contribution in [0.5, 0.6) is 0 Å². The molecule has 2 aliphatic heterocycles. The number of fused-ring (bicyclic) bond motifs is 1. The van der Waals surface area contributed by atoms with E-state index in [0.717, 1.165) is 10.5 Å². The van der Waals surface area contributed by atoms with E-state index in [1.165, 1.54) is 29.3 Å². The molecule has 3 aromatic carbocycles. The number of nitro groups is 1. The van der Waals surface area contributed by atoms with E-state index in [-0.39, 0.29) is 11.4 Å². The molecule has 9 nitrogen and oxygen atoms in total. The number of hydrazone groups is 1. The number of non-ortho nitro benzene ring substituents is 1. The topological polar surface area (TPSA) is 113 Å². The van der Waals surface area contributed by atoms with Gasteiger partial charge >= 0.3 is 0 Å². The number of carbonyl (C=O) groups excluding carboxylic acids is 3. The lowest BCUT2D eigenvalue weighted by Gasteiger charge is -2.22. The molecule has 1 saturated heterocycles. The number of hydrogen-bond acceptors (Lipinski definition) is 7. The van der Waals surface area contributed by atoms with E-state index in [9.17, 15) is 24.5 Å². The number of imide groups is 1. The fourth-order valence-electron chi connectivity index (χ4n) is 4.23. The van der Waals surface area contributed by atoms with E-state index in [4.69, 9.17) is 0 Å². The molecule has 3 aromatic rings. The van der Waals surface area contributed by atoms with E-state index >= 15 is 0 Å². The van der Waals surface area contributed by atoms with Crippen molar-refractivity contribution >= 4 is 40.4 Å². The third kappa shape index (κ3) is 3.34. The fraction of sp³-hybridized carbons (Fsp3) is 0.120. The normalized spacial score (nSPS) is 19.3. The van der Waals surface area contributed by atoms with Crippen LogP contribution < -0.4 is 9.91 Å². The van der Waals surface area contributed by atoms with E-state index in [2.05, 4.69) is 5.10 Å². The molecule has 0 aliphatic carbocycles. The highest BCUT2D eigenvalue weighted by molar-refractivity contribution is 6.53. The van der Waals surface area contributed by atoms with Crippen molar-refractivity contribution in [1.29, 1.82) is 0 Å². The summed E-state index contributed by atoms with van der Waals surface area (Å²) in [6.07, 6.45) is 0. The van der Waals surface area contributed by atoms with Crippen LogP contribution in [0, 0.1) is 23.0 Å². The minimum absolute atomic E-state index is 0.0393. The fourth-order valence-corrected chi connectivity index (χ4v) is 4.23. The number of hydrogen-bond donors (Lipinski definition) is 0. The Bertz CT molecular complexity index is 1350. The summed E-state index contributed by atoms with van der Waals surface area (Å²) in [6.45, 7) is 1.89. The van der Waals surface area contributed by atoms with Crippen molar-refractivity contribution in [3.8, 4) is 0 Å². The zero-order valence-corrected chi connectivity index (χ0v) is 18.0. The molecule has 2 amide bonds. The summed E-state index contributed by atoms with van der Waals surface area (Å²) >= 11 is 0. The number of rotatable bonds is 5. The van der Waals surface area contributed by atoms with Gasteiger partial charge in [-0.3, -0.25) is 29.5 Å². The van der Waals surface area contributed by atoms with Crippen LogP contribution in [-0.2, 0) is 9.59 Å². The van der Waals surface area contributed by atoms with Gasteiger partial charge in [0.1, 0.15) is 17.7 Å². The van der Waals surface area contributed by atoms with Gasteiger partial charge in [0.25, 0.3) is 11.6 Å². The molecule has 168 valence electrons. The van der Waals surface area contributed by atoms with Gasteiger partial charge in [0.2, 0.25) is 11.7 Å². The quantitative estimate of drug-likeness (QED) is 0.252. The van der Waals surface area contributed by atoms with Crippen molar-refractivity contribution in [2.45, 2.75) is 13.0 Å². The average molecular weight is 454 g/mol. The molecule has 34 heavy (non-hydrogen) atoms. The first-order chi connectivity index (χ1) is 16.4. The molecule has 5 rings (SSSR count). The minimum Gasteiger partial charge on any atom is -0.287 e. The van der Waals surface area contributed by atoms with Gasteiger partial charge in [-0.1, -0.05) is 48.0 Å². The third-order valence-corrected chi connectivity index (χ3v) is 5.93. The molecule has 0 saturated carbocycles. The number of nitrogens with zero attached hydrogens (tertiary/aromatic N) is 4. The Balaban J connectivity index is 1.60. The number of amides is 2. The number of benzene rings is 3. The van der Waals surface area contributed by atoms with Gasteiger partial charge < -0.3 is 0 Å².